The minimum Gasteiger partial charge on any atom is -0.348 e. The molecule has 17 heavy (non-hydrogen) atoms. The molecule has 0 radical (unpaired) electrons. The Kier molecular flexibility index (Phi) is 3.87. The van der Waals surface area contributed by atoms with Crippen LogP contribution >= 0.6 is 0 Å². The molecule has 5 nitrogen and oxygen atoms in total. The summed E-state index contributed by atoms with van der Waals surface area (Å²) in [6.45, 7) is 1.23. The van der Waals surface area contributed by atoms with Crippen molar-refractivity contribution >= 4 is 5.91 Å². The maximum Gasteiger partial charge on any atom is 0.391 e. The summed E-state index contributed by atoms with van der Waals surface area (Å²) in [4.78, 5) is 22.0. The number of amides is 1. The smallest absolute Gasteiger partial charge is 0.348 e. The molecule has 8 heteroatoms. The Hall–Kier alpha value is -1.86. The van der Waals surface area contributed by atoms with Gasteiger partial charge in [-0.05, 0) is 13.0 Å². The van der Waals surface area contributed by atoms with E-state index in [1.54, 1.807) is 0 Å². The first-order chi connectivity index (χ1) is 7.78. The van der Waals surface area contributed by atoms with E-state index in [0.29, 0.717) is 0 Å². The van der Waals surface area contributed by atoms with E-state index in [0.717, 1.165) is 12.1 Å². The number of hydrogen-bond donors (Lipinski definition) is 2. The van der Waals surface area contributed by atoms with Crippen LogP contribution in [0.4, 0.5) is 13.2 Å². The third-order valence-corrected chi connectivity index (χ3v) is 1.83. The number of alkyl halides is 3. The third kappa shape index (κ3) is 4.66. The van der Waals surface area contributed by atoms with Crippen molar-refractivity contribution in [1.82, 2.24) is 15.5 Å². The van der Waals surface area contributed by atoms with Crippen molar-refractivity contribution in [2.45, 2.75) is 25.6 Å². The molecule has 0 saturated heterocycles. The summed E-state index contributed by atoms with van der Waals surface area (Å²) in [7, 11) is 0. The highest BCUT2D eigenvalue weighted by molar-refractivity contribution is 5.92. The second-order valence-corrected chi connectivity index (χ2v) is 3.50. The lowest BCUT2D eigenvalue weighted by Crippen LogP contribution is -2.36. The number of rotatable bonds is 3. The Morgan fingerprint density at radius 1 is 1.53 bits per heavy atom. The van der Waals surface area contributed by atoms with Gasteiger partial charge < -0.3 is 5.32 Å². The quantitative estimate of drug-likeness (QED) is 0.833. The number of H-pyrrole nitrogens is 1. The molecule has 0 saturated carbocycles. The van der Waals surface area contributed by atoms with E-state index in [1.165, 1.54) is 6.92 Å². The van der Waals surface area contributed by atoms with Crippen molar-refractivity contribution in [2.24, 2.45) is 0 Å². The standard InChI is InChI=1S/C9H10F3N3O2/c1-5(4-9(10,11)12)13-8(17)6-2-3-7(16)15-14-6/h2-3,5H,4H2,1H3,(H,13,17)(H,15,16). The van der Waals surface area contributed by atoms with Gasteiger partial charge >= 0.3 is 6.18 Å². The van der Waals surface area contributed by atoms with Gasteiger partial charge in [0, 0.05) is 12.1 Å². The van der Waals surface area contributed by atoms with Gasteiger partial charge in [-0.25, -0.2) is 5.10 Å². The average molecular weight is 249 g/mol. The summed E-state index contributed by atoms with van der Waals surface area (Å²) in [6, 6.07) is 1.14. The highest BCUT2D eigenvalue weighted by atomic mass is 19.4. The normalized spacial score (nSPS) is 13.2. The molecule has 1 atom stereocenters. The topological polar surface area (TPSA) is 74.8 Å². The molecule has 1 amide bonds. The Morgan fingerprint density at radius 3 is 2.65 bits per heavy atom. The molecule has 1 rings (SSSR count). The maximum absolute atomic E-state index is 12.0. The first kappa shape index (κ1) is 13.2. The lowest BCUT2D eigenvalue weighted by molar-refractivity contribution is -0.138. The van der Waals surface area contributed by atoms with E-state index in [9.17, 15) is 22.8 Å². The molecule has 1 aromatic rings. The summed E-state index contributed by atoms with van der Waals surface area (Å²) in [6.07, 6.45) is -5.47. The summed E-state index contributed by atoms with van der Waals surface area (Å²) in [5, 5.41) is 7.54. The highest BCUT2D eigenvalue weighted by Gasteiger charge is 2.30. The first-order valence-corrected chi connectivity index (χ1v) is 4.71. The summed E-state index contributed by atoms with van der Waals surface area (Å²) >= 11 is 0. The van der Waals surface area contributed by atoms with Crippen molar-refractivity contribution in [2.75, 3.05) is 0 Å². The van der Waals surface area contributed by atoms with Crippen molar-refractivity contribution in [1.29, 1.82) is 0 Å². The molecule has 0 spiro atoms. The summed E-state index contributed by atoms with van der Waals surface area (Å²) < 4.78 is 36.0. The molecule has 94 valence electrons. The number of hydrogen-bond acceptors (Lipinski definition) is 3. The SMILES string of the molecule is CC(CC(F)(F)F)NC(=O)c1ccc(=O)[nH]n1. The fraction of sp³-hybridized carbons (Fsp3) is 0.444. The number of aromatic nitrogens is 2. The zero-order valence-electron chi connectivity index (χ0n) is 8.84. The second kappa shape index (κ2) is 4.98. The number of nitrogens with one attached hydrogen (secondary N) is 2. The molecular weight excluding hydrogens is 239 g/mol. The van der Waals surface area contributed by atoms with Gasteiger partial charge in [0.05, 0.1) is 6.42 Å². The Bertz CT molecular complexity index is 435. The predicted molar refractivity (Wildman–Crippen MR) is 52.5 cm³/mol. The van der Waals surface area contributed by atoms with Crippen LogP contribution in [0.15, 0.2) is 16.9 Å². The summed E-state index contributed by atoms with van der Waals surface area (Å²) in [5.41, 5.74) is -0.636. The minimum absolute atomic E-state index is 0.140. The molecule has 0 aliphatic carbocycles. The van der Waals surface area contributed by atoms with Gasteiger partial charge in [0.25, 0.3) is 11.5 Å². The molecule has 0 aliphatic heterocycles. The number of nitrogens with zero attached hydrogens (tertiary/aromatic N) is 1. The molecule has 0 aliphatic rings. The molecular formula is C9H10F3N3O2. The number of carbonyl (C=O) groups is 1. The Balaban J connectivity index is 2.60. The van der Waals surface area contributed by atoms with Crippen LogP contribution in [0.25, 0.3) is 0 Å². The lowest BCUT2D eigenvalue weighted by atomic mass is 10.2. The van der Waals surface area contributed by atoms with Crippen molar-refractivity contribution in [3.05, 3.63) is 28.2 Å². The van der Waals surface area contributed by atoms with Gasteiger partial charge in [0.2, 0.25) is 0 Å². The number of aromatic amines is 1. The Labute approximate surface area is 94.0 Å². The number of halogens is 3. The van der Waals surface area contributed by atoms with E-state index in [-0.39, 0.29) is 5.69 Å². The maximum atomic E-state index is 12.0. The van der Waals surface area contributed by atoms with Crippen LogP contribution in [0.1, 0.15) is 23.8 Å². The van der Waals surface area contributed by atoms with E-state index >= 15 is 0 Å². The lowest BCUT2D eigenvalue weighted by Gasteiger charge is -2.15. The van der Waals surface area contributed by atoms with Gasteiger partial charge in [-0.15, -0.1) is 0 Å². The molecule has 2 N–H and O–H groups in total. The zero-order valence-corrected chi connectivity index (χ0v) is 8.84. The predicted octanol–water partition coefficient (Wildman–Crippen LogP) is 0.841. The van der Waals surface area contributed by atoms with Crippen LogP contribution in [-0.2, 0) is 0 Å². The van der Waals surface area contributed by atoms with Gasteiger partial charge in [0.1, 0.15) is 5.69 Å². The van der Waals surface area contributed by atoms with Gasteiger partial charge in [0.15, 0.2) is 0 Å². The monoisotopic (exact) mass is 249 g/mol. The molecule has 1 aromatic heterocycles. The molecule has 1 unspecified atom stereocenters. The van der Waals surface area contributed by atoms with Crippen LogP contribution < -0.4 is 10.9 Å². The van der Waals surface area contributed by atoms with E-state index < -0.39 is 30.1 Å². The van der Waals surface area contributed by atoms with E-state index in [2.05, 4.69) is 10.4 Å². The first-order valence-electron chi connectivity index (χ1n) is 4.71. The van der Waals surface area contributed by atoms with Crippen molar-refractivity contribution in [3.63, 3.8) is 0 Å². The van der Waals surface area contributed by atoms with E-state index in [4.69, 9.17) is 0 Å². The largest absolute Gasteiger partial charge is 0.391 e. The van der Waals surface area contributed by atoms with Crippen LogP contribution in [0.2, 0.25) is 0 Å². The molecule has 0 aromatic carbocycles. The fourth-order valence-corrected chi connectivity index (χ4v) is 1.17. The highest BCUT2D eigenvalue weighted by Crippen LogP contribution is 2.21. The van der Waals surface area contributed by atoms with Gasteiger partial charge in [-0.1, -0.05) is 0 Å². The van der Waals surface area contributed by atoms with Crippen LogP contribution in [-0.4, -0.2) is 28.3 Å². The summed E-state index contributed by atoms with van der Waals surface area (Å²) in [5.74, 6) is -0.766. The fourth-order valence-electron chi connectivity index (χ4n) is 1.17. The number of carbonyl (C=O) groups excluding carboxylic acids is 1. The van der Waals surface area contributed by atoms with Crippen molar-refractivity contribution < 1.29 is 18.0 Å². The van der Waals surface area contributed by atoms with E-state index in [1.807, 2.05) is 5.10 Å². The molecule has 1 heterocycles. The van der Waals surface area contributed by atoms with Gasteiger partial charge in [-0.3, -0.25) is 9.59 Å². The third-order valence-electron chi connectivity index (χ3n) is 1.83. The Morgan fingerprint density at radius 2 is 2.18 bits per heavy atom. The van der Waals surface area contributed by atoms with Crippen LogP contribution in [0.3, 0.4) is 0 Å². The average Bonchev–Trinajstić information content (AvgIpc) is 2.15. The minimum atomic E-state index is -4.34. The molecule has 0 bridgehead atoms. The van der Waals surface area contributed by atoms with Crippen molar-refractivity contribution in [3.8, 4) is 0 Å². The van der Waals surface area contributed by atoms with Crippen LogP contribution in [0, 0.1) is 0 Å². The van der Waals surface area contributed by atoms with Crippen LogP contribution in [0.5, 0.6) is 0 Å². The van der Waals surface area contributed by atoms with Gasteiger partial charge in [-0.2, -0.15) is 18.3 Å². The molecule has 0 fully saturated rings. The zero-order chi connectivity index (χ0) is 13.1. The second-order valence-electron chi connectivity index (χ2n) is 3.50.